The number of nitrogens with zero attached hydrogens (tertiary/aromatic N) is 1. The van der Waals surface area contributed by atoms with Crippen LogP contribution in [0.3, 0.4) is 0 Å². The van der Waals surface area contributed by atoms with Gasteiger partial charge in [0.1, 0.15) is 6.26 Å². The zero-order chi connectivity index (χ0) is 9.84. The molecule has 2 heteroatoms. The Morgan fingerprint density at radius 2 is 2.08 bits per heavy atom. The number of oxazole rings is 1. The molecule has 1 unspecified atom stereocenters. The largest absolute Gasteiger partial charge is 0.448 e. The van der Waals surface area contributed by atoms with Gasteiger partial charge in [0.15, 0.2) is 5.89 Å². The first-order valence-electron chi connectivity index (χ1n) is 5.10. The lowest BCUT2D eigenvalue weighted by atomic mass is 10.1. The highest BCUT2D eigenvalue weighted by molar-refractivity contribution is 5.03. The summed E-state index contributed by atoms with van der Waals surface area (Å²) in [6.07, 6.45) is 4.12. The van der Waals surface area contributed by atoms with Crippen LogP contribution in [0, 0.1) is 0 Å². The van der Waals surface area contributed by atoms with Crippen LogP contribution in [-0.4, -0.2) is 4.98 Å². The van der Waals surface area contributed by atoms with Gasteiger partial charge in [0.05, 0.1) is 5.69 Å². The highest BCUT2D eigenvalue weighted by atomic mass is 16.3. The van der Waals surface area contributed by atoms with E-state index in [0.717, 1.165) is 18.0 Å². The van der Waals surface area contributed by atoms with Crippen molar-refractivity contribution in [3.8, 4) is 0 Å². The van der Waals surface area contributed by atoms with Gasteiger partial charge >= 0.3 is 0 Å². The molecule has 1 rings (SSSR count). The average Bonchev–Trinajstić information content (AvgIpc) is 2.52. The molecule has 1 atom stereocenters. The summed E-state index contributed by atoms with van der Waals surface area (Å²) >= 11 is 0. The lowest BCUT2D eigenvalue weighted by molar-refractivity contribution is 0.443. The standard InChI is InChI=1S/C11H19NO/c1-5-6-9(4)11-12-10(7-13-11)8(2)3/h7-9H,5-6H2,1-4H3. The van der Waals surface area contributed by atoms with Crippen molar-refractivity contribution in [1.29, 1.82) is 0 Å². The van der Waals surface area contributed by atoms with Crippen LogP contribution in [0.2, 0.25) is 0 Å². The number of rotatable bonds is 4. The Kier molecular flexibility index (Phi) is 3.52. The Balaban J connectivity index is 2.67. The summed E-state index contributed by atoms with van der Waals surface area (Å²) < 4.78 is 5.43. The second kappa shape index (κ2) is 4.45. The fourth-order valence-electron chi connectivity index (χ4n) is 1.35. The van der Waals surface area contributed by atoms with Gasteiger partial charge in [0.25, 0.3) is 0 Å². The van der Waals surface area contributed by atoms with Crippen LogP contribution in [0.25, 0.3) is 0 Å². The van der Waals surface area contributed by atoms with Crippen LogP contribution >= 0.6 is 0 Å². The Morgan fingerprint density at radius 1 is 1.38 bits per heavy atom. The minimum Gasteiger partial charge on any atom is -0.448 e. The van der Waals surface area contributed by atoms with Gasteiger partial charge in [-0.2, -0.15) is 0 Å². The summed E-state index contributed by atoms with van der Waals surface area (Å²) in [5.41, 5.74) is 1.07. The molecule has 0 aromatic carbocycles. The smallest absolute Gasteiger partial charge is 0.197 e. The van der Waals surface area contributed by atoms with Crippen molar-refractivity contribution in [2.45, 2.75) is 52.4 Å². The molecule has 0 radical (unpaired) electrons. The summed E-state index contributed by atoms with van der Waals surface area (Å²) in [6.45, 7) is 8.61. The van der Waals surface area contributed by atoms with Gasteiger partial charge in [-0.25, -0.2) is 4.98 Å². The molecule has 0 aliphatic carbocycles. The molecule has 0 saturated heterocycles. The van der Waals surface area contributed by atoms with Crippen molar-refractivity contribution < 1.29 is 4.42 Å². The summed E-state index contributed by atoms with van der Waals surface area (Å²) in [7, 11) is 0. The highest BCUT2D eigenvalue weighted by Gasteiger charge is 2.12. The third kappa shape index (κ3) is 2.58. The van der Waals surface area contributed by atoms with Crippen LogP contribution in [0.4, 0.5) is 0 Å². The SMILES string of the molecule is CCCC(C)c1nc(C(C)C)co1. The monoisotopic (exact) mass is 181 g/mol. The molecule has 0 saturated carbocycles. The van der Waals surface area contributed by atoms with Gasteiger partial charge in [0, 0.05) is 5.92 Å². The summed E-state index contributed by atoms with van der Waals surface area (Å²) in [6, 6.07) is 0. The highest BCUT2D eigenvalue weighted by Crippen LogP contribution is 2.22. The van der Waals surface area contributed by atoms with Gasteiger partial charge in [-0.05, 0) is 12.3 Å². The van der Waals surface area contributed by atoms with E-state index < -0.39 is 0 Å². The number of aromatic nitrogens is 1. The maximum absolute atomic E-state index is 5.43. The molecule has 0 bridgehead atoms. The molecule has 0 N–H and O–H groups in total. The molecule has 1 heterocycles. The zero-order valence-corrected chi connectivity index (χ0v) is 9.00. The summed E-state index contributed by atoms with van der Waals surface area (Å²) in [5.74, 6) is 1.81. The molecule has 0 aliphatic rings. The van der Waals surface area contributed by atoms with E-state index in [0.29, 0.717) is 11.8 Å². The Labute approximate surface area is 80.4 Å². The van der Waals surface area contributed by atoms with Crippen molar-refractivity contribution in [3.63, 3.8) is 0 Å². The second-order valence-electron chi connectivity index (χ2n) is 3.96. The molecular weight excluding hydrogens is 162 g/mol. The Morgan fingerprint density at radius 3 is 2.54 bits per heavy atom. The lowest BCUT2D eigenvalue weighted by Gasteiger charge is -2.03. The first-order chi connectivity index (χ1) is 6.15. The third-order valence-corrected chi connectivity index (χ3v) is 2.27. The van der Waals surface area contributed by atoms with E-state index in [2.05, 4.69) is 32.7 Å². The summed E-state index contributed by atoms with van der Waals surface area (Å²) in [4.78, 5) is 4.46. The van der Waals surface area contributed by atoms with E-state index >= 15 is 0 Å². The number of hydrogen-bond acceptors (Lipinski definition) is 2. The van der Waals surface area contributed by atoms with E-state index in [1.807, 2.05) is 0 Å². The van der Waals surface area contributed by atoms with Gasteiger partial charge < -0.3 is 4.42 Å². The van der Waals surface area contributed by atoms with Crippen LogP contribution in [-0.2, 0) is 0 Å². The Hall–Kier alpha value is -0.790. The first kappa shape index (κ1) is 10.3. The maximum Gasteiger partial charge on any atom is 0.197 e. The minimum absolute atomic E-state index is 0.456. The Bertz CT molecular complexity index is 252. The zero-order valence-electron chi connectivity index (χ0n) is 9.00. The predicted octanol–water partition coefficient (Wildman–Crippen LogP) is 3.70. The van der Waals surface area contributed by atoms with Gasteiger partial charge in [-0.15, -0.1) is 0 Å². The summed E-state index contributed by atoms with van der Waals surface area (Å²) in [5, 5.41) is 0. The lowest BCUT2D eigenvalue weighted by Crippen LogP contribution is -1.94. The molecule has 0 fully saturated rings. The minimum atomic E-state index is 0.456. The molecule has 1 aromatic rings. The topological polar surface area (TPSA) is 26.0 Å². The third-order valence-electron chi connectivity index (χ3n) is 2.27. The molecular formula is C11H19NO. The van der Waals surface area contributed by atoms with Crippen molar-refractivity contribution in [2.24, 2.45) is 0 Å². The molecule has 74 valence electrons. The molecule has 2 nitrogen and oxygen atoms in total. The first-order valence-corrected chi connectivity index (χ1v) is 5.10. The van der Waals surface area contributed by atoms with E-state index in [4.69, 9.17) is 4.42 Å². The van der Waals surface area contributed by atoms with Gasteiger partial charge in [-0.3, -0.25) is 0 Å². The van der Waals surface area contributed by atoms with Crippen LogP contribution in [0.15, 0.2) is 10.7 Å². The van der Waals surface area contributed by atoms with Crippen LogP contribution in [0.1, 0.15) is 64.0 Å². The number of hydrogen-bond donors (Lipinski definition) is 0. The quantitative estimate of drug-likeness (QED) is 0.707. The molecule has 0 spiro atoms. The normalized spacial score (nSPS) is 13.6. The second-order valence-corrected chi connectivity index (χ2v) is 3.96. The maximum atomic E-state index is 5.43. The molecule has 0 aliphatic heterocycles. The van der Waals surface area contributed by atoms with Crippen molar-refractivity contribution in [1.82, 2.24) is 4.98 Å². The van der Waals surface area contributed by atoms with Crippen LogP contribution in [0.5, 0.6) is 0 Å². The average molecular weight is 181 g/mol. The van der Waals surface area contributed by atoms with E-state index in [-0.39, 0.29) is 0 Å². The predicted molar refractivity (Wildman–Crippen MR) is 53.9 cm³/mol. The molecule has 0 amide bonds. The fourth-order valence-corrected chi connectivity index (χ4v) is 1.35. The van der Waals surface area contributed by atoms with E-state index in [9.17, 15) is 0 Å². The van der Waals surface area contributed by atoms with E-state index in [1.165, 1.54) is 6.42 Å². The molecule has 1 aromatic heterocycles. The van der Waals surface area contributed by atoms with Gasteiger partial charge in [0.2, 0.25) is 0 Å². The fraction of sp³-hybridized carbons (Fsp3) is 0.727. The van der Waals surface area contributed by atoms with Crippen LogP contribution < -0.4 is 0 Å². The van der Waals surface area contributed by atoms with Gasteiger partial charge in [-0.1, -0.05) is 34.1 Å². The van der Waals surface area contributed by atoms with Crippen molar-refractivity contribution in [3.05, 3.63) is 17.8 Å². The molecule has 13 heavy (non-hydrogen) atoms. The van der Waals surface area contributed by atoms with Crippen molar-refractivity contribution >= 4 is 0 Å². The van der Waals surface area contributed by atoms with E-state index in [1.54, 1.807) is 6.26 Å². The van der Waals surface area contributed by atoms with Crippen molar-refractivity contribution in [2.75, 3.05) is 0 Å².